The average Bonchev–Trinajstić information content (AvgIpc) is 2.46. The molecule has 21 heavy (non-hydrogen) atoms. The number of hydrogen-bond acceptors (Lipinski definition) is 4. The summed E-state index contributed by atoms with van der Waals surface area (Å²) in [6.45, 7) is 0. The van der Waals surface area contributed by atoms with Crippen molar-refractivity contribution in [3.8, 4) is 0 Å². The van der Waals surface area contributed by atoms with Crippen molar-refractivity contribution in [2.45, 2.75) is 0 Å². The van der Waals surface area contributed by atoms with Crippen molar-refractivity contribution in [2.75, 3.05) is 23.8 Å². The molecule has 0 aliphatic heterocycles. The van der Waals surface area contributed by atoms with Gasteiger partial charge in [-0.15, -0.1) is 0 Å². The highest BCUT2D eigenvalue weighted by molar-refractivity contribution is 6.09. The second kappa shape index (κ2) is 5.96. The van der Waals surface area contributed by atoms with Gasteiger partial charge in [0.2, 0.25) is 0 Å². The number of amides is 2. The average molecular weight is 284 g/mol. The molecule has 0 atom stereocenters. The normalized spacial score (nSPS) is 9.95. The molecule has 108 valence electrons. The first kappa shape index (κ1) is 14.4. The van der Waals surface area contributed by atoms with E-state index < -0.39 is 0 Å². The summed E-state index contributed by atoms with van der Waals surface area (Å²) in [6, 6.07) is 11.3. The largest absolute Gasteiger partial charge is 0.399 e. The molecule has 6 heteroatoms. The predicted octanol–water partition coefficient (Wildman–Crippen LogP) is 1.46. The van der Waals surface area contributed by atoms with E-state index >= 15 is 0 Å². The van der Waals surface area contributed by atoms with Gasteiger partial charge in [0.05, 0.1) is 11.3 Å². The van der Waals surface area contributed by atoms with E-state index in [4.69, 9.17) is 11.5 Å². The molecular formula is C15H16N4O2. The molecular weight excluding hydrogens is 268 g/mol. The van der Waals surface area contributed by atoms with Crippen molar-refractivity contribution in [3.05, 3.63) is 53.6 Å². The second-order valence-corrected chi connectivity index (χ2v) is 4.47. The van der Waals surface area contributed by atoms with E-state index in [0.29, 0.717) is 28.2 Å². The molecule has 2 aromatic carbocycles. The van der Waals surface area contributed by atoms with Gasteiger partial charge in [0.25, 0.3) is 11.8 Å². The monoisotopic (exact) mass is 284 g/mol. The predicted molar refractivity (Wildman–Crippen MR) is 83.1 cm³/mol. The number of hydrogen-bond donors (Lipinski definition) is 4. The van der Waals surface area contributed by atoms with Gasteiger partial charge in [0, 0.05) is 24.0 Å². The fraction of sp³-hybridized carbons (Fsp3) is 0.0667. The summed E-state index contributed by atoms with van der Waals surface area (Å²) < 4.78 is 0. The van der Waals surface area contributed by atoms with Crippen LogP contribution in [0.5, 0.6) is 0 Å². The highest BCUT2D eigenvalue weighted by Crippen LogP contribution is 2.18. The van der Waals surface area contributed by atoms with E-state index in [0.717, 1.165) is 0 Å². The molecule has 2 rings (SSSR count). The maximum Gasteiger partial charge on any atom is 0.255 e. The molecule has 0 fully saturated rings. The number of anilines is 3. The van der Waals surface area contributed by atoms with Gasteiger partial charge in [-0.2, -0.15) is 0 Å². The molecule has 2 amide bonds. The van der Waals surface area contributed by atoms with Crippen molar-refractivity contribution < 1.29 is 9.59 Å². The van der Waals surface area contributed by atoms with Gasteiger partial charge in [-0.3, -0.25) is 9.59 Å². The van der Waals surface area contributed by atoms with Gasteiger partial charge in [-0.05, 0) is 30.3 Å². The second-order valence-electron chi connectivity index (χ2n) is 4.47. The van der Waals surface area contributed by atoms with E-state index in [9.17, 15) is 9.59 Å². The first-order valence-corrected chi connectivity index (χ1v) is 6.29. The minimum Gasteiger partial charge on any atom is -0.399 e. The van der Waals surface area contributed by atoms with Crippen LogP contribution in [-0.4, -0.2) is 18.9 Å². The SMILES string of the molecule is CNC(=O)c1ccccc1NC(=O)c1cc(N)cc(N)c1. The zero-order valence-electron chi connectivity index (χ0n) is 11.5. The van der Waals surface area contributed by atoms with Crippen molar-refractivity contribution in [3.63, 3.8) is 0 Å². The summed E-state index contributed by atoms with van der Waals surface area (Å²) in [6.07, 6.45) is 0. The highest BCUT2D eigenvalue weighted by atomic mass is 16.2. The highest BCUT2D eigenvalue weighted by Gasteiger charge is 2.13. The van der Waals surface area contributed by atoms with Crippen molar-refractivity contribution in [2.24, 2.45) is 0 Å². The molecule has 0 unspecified atom stereocenters. The van der Waals surface area contributed by atoms with Crippen LogP contribution in [-0.2, 0) is 0 Å². The summed E-state index contributed by atoms with van der Waals surface area (Å²) in [5, 5.41) is 5.21. The topological polar surface area (TPSA) is 110 Å². The summed E-state index contributed by atoms with van der Waals surface area (Å²) in [5.41, 5.74) is 13.3. The summed E-state index contributed by atoms with van der Waals surface area (Å²) in [4.78, 5) is 24.0. The zero-order chi connectivity index (χ0) is 15.4. The Kier molecular flexibility index (Phi) is 4.08. The quantitative estimate of drug-likeness (QED) is 0.639. The van der Waals surface area contributed by atoms with Crippen LogP contribution in [0.15, 0.2) is 42.5 Å². The lowest BCUT2D eigenvalue weighted by atomic mass is 10.1. The minimum atomic E-state index is -0.384. The Morgan fingerprint density at radius 1 is 0.952 bits per heavy atom. The summed E-state index contributed by atoms with van der Waals surface area (Å²) >= 11 is 0. The lowest BCUT2D eigenvalue weighted by molar-refractivity contribution is 0.0964. The van der Waals surface area contributed by atoms with E-state index in [2.05, 4.69) is 10.6 Å². The Hall–Kier alpha value is -3.02. The number of nitrogens with one attached hydrogen (secondary N) is 2. The fourth-order valence-corrected chi connectivity index (χ4v) is 1.93. The number of carbonyl (C=O) groups excluding carboxylic acids is 2. The van der Waals surface area contributed by atoms with Crippen LogP contribution in [0.2, 0.25) is 0 Å². The first-order chi connectivity index (χ1) is 10.0. The third kappa shape index (κ3) is 3.30. The lowest BCUT2D eigenvalue weighted by Crippen LogP contribution is -2.21. The number of rotatable bonds is 3. The van der Waals surface area contributed by atoms with Crippen LogP contribution in [0.25, 0.3) is 0 Å². The number of para-hydroxylation sites is 1. The molecule has 0 aliphatic carbocycles. The molecule has 2 aromatic rings. The fourth-order valence-electron chi connectivity index (χ4n) is 1.93. The van der Waals surface area contributed by atoms with Gasteiger partial charge in [0.1, 0.15) is 0 Å². The third-order valence-electron chi connectivity index (χ3n) is 2.89. The molecule has 6 N–H and O–H groups in total. The molecule has 0 aromatic heterocycles. The maximum atomic E-state index is 12.2. The summed E-state index contributed by atoms with van der Waals surface area (Å²) in [7, 11) is 1.53. The minimum absolute atomic E-state index is 0.280. The molecule has 0 radical (unpaired) electrons. The van der Waals surface area contributed by atoms with Crippen LogP contribution >= 0.6 is 0 Å². The number of nitrogens with two attached hydrogens (primary N) is 2. The van der Waals surface area contributed by atoms with Crippen LogP contribution in [0.4, 0.5) is 17.1 Å². The molecule has 0 saturated carbocycles. The summed E-state index contributed by atoms with van der Waals surface area (Å²) in [5.74, 6) is -0.664. The molecule has 0 heterocycles. The van der Waals surface area contributed by atoms with E-state index in [1.165, 1.54) is 19.2 Å². The lowest BCUT2D eigenvalue weighted by Gasteiger charge is -2.10. The zero-order valence-corrected chi connectivity index (χ0v) is 11.5. The first-order valence-electron chi connectivity index (χ1n) is 6.29. The van der Waals surface area contributed by atoms with E-state index in [1.54, 1.807) is 30.3 Å². The Labute approximate surface area is 122 Å². The van der Waals surface area contributed by atoms with Crippen LogP contribution < -0.4 is 22.1 Å². The van der Waals surface area contributed by atoms with Gasteiger partial charge < -0.3 is 22.1 Å². The van der Waals surface area contributed by atoms with Crippen molar-refractivity contribution in [1.82, 2.24) is 5.32 Å². The van der Waals surface area contributed by atoms with Gasteiger partial charge in [0.15, 0.2) is 0 Å². The smallest absolute Gasteiger partial charge is 0.255 e. The molecule has 0 aliphatic rings. The Bertz CT molecular complexity index is 678. The number of benzene rings is 2. The van der Waals surface area contributed by atoms with Crippen molar-refractivity contribution >= 4 is 28.9 Å². The van der Waals surface area contributed by atoms with Gasteiger partial charge >= 0.3 is 0 Å². The van der Waals surface area contributed by atoms with Crippen molar-refractivity contribution in [1.29, 1.82) is 0 Å². The third-order valence-corrected chi connectivity index (χ3v) is 2.89. The van der Waals surface area contributed by atoms with E-state index in [1.807, 2.05) is 0 Å². The van der Waals surface area contributed by atoms with Gasteiger partial charge in [-0.1, -0.05) is 12.1 Å². The molecule has 0 spiro atoms. The standard InChI is InChI=1S/C15H16N4O2/c1-18-15(21)12-4-2-3-5-13(12)19-14(20)9-6-10(16)8-11(17)7-9/h2-8H,16-17H2,1H3,(H,18,21)(H,19,20). The van der Waals surface area contributed by atoms with Crippen LogP contribution in [0, 0.1) is 0 Å². The Balaban J connectivity index is 2.30. The molecule has 0 saturated heterocycles. The van der Waals surface area contributed by atoms with E-state index in [-0.39, 0.29) is 11.8 Å². The molecule has 6 nitrogen and oxygen atoms in total. The van der Waals surface area contributed by atoms with Crippen LogP contribution in [0.3, 0.4) is 0 Å². The van der Waals surface area contributed by atoms with Gasteiger partial charge in [-0.25, -0.2) is 0 Å². The van der Waals surface area contributed by atoms with Crippen LogP contribution in [0.1, 0.15) is 20.7 Å². The number of nitrogen functional groups attached to an aromatic ring is 2. The Morgan fingerprint density at radius 3 is 2.19 bits per heavy atom. The Morgan fingerprint density at radius 2 is 1.57 bits per heavy atom. The molecule has 0 bridgehead atoms. The maximum absolute atomic E-state index is 12.2. The number of carbonyl (C=O) groups is 2.